The molecule has 1 atom stereocenters. The third-order valence-corrected chi connectivity index (χ3v) is 3.70. The number of carbonyl (C=O) groups is 1. The molecule has 1 saturated carbocycles. The van der Waals surface area contributed by atoms with Crippen LogP contribution in [0.15, 0.2) is 24.3 Å². The van der Waals surface area contributed by atoms with E-state index in [0.29, 0.717) is 19.0 Å². The van der Waals surface area contributed by atoms with Crippen molar-refractivity contribution in [2.75, 3.05) is 6.54 Å². The Morgan fingerprint density at radius 2 is 2.11 bits per heavy atom. The van der Waals surface area contributed by atoms with Crippen molar-refractivity contribution >= 4 is 29.9 Å². The summed E-state index contributed by atoms with van der Waals surface area (Å²) in [5.74, 6) is 0.132. The van der Waals surface area contributed by atoms with Crippen molar-refractivity contribution in [1.29, 1.82) is 0 Å². The number of amides is 1. The maximum absolute atomic E-state index is 12.2. The Labute approximate surface area is 125 Å². The molecule has 19 heavy (non-hydrogen) atoms. The van der Waals surface area contributed by atoms with Gasteiger partial charge in [-0.05, 0) is 31.4 Å². The molecule has 0 aliphatic heterocycles. The molecule has 0 aromatic heterocycles. The lowest BCUT2D eigenvalue weighted by Crippen LogP contribution is -2.36. The van der Waals surface area contributed by atoms with E-state index in [0.717, 1.165) is 23.4 Å². The molecule has 1 aromatic carbocycles. The normalized spacial score (nSPS) is 15.5. The van der Waals surface area contributed by atoms with Crippen LogP contribution in [0.25, 0.3) is 0 Å². The molecule has 5 heteroatoms. The number of nitrogens with zero attached hydrogens (tertiary/aromatic N) is 1. The summed E-state index contributed by atoms with van der Waals surface area (Å²) >= 11 is 6.21. The number of hydrogen-bond acceptors (Lipinski definition) is 2. The van der Waals surface area contributed by atoms with Crippen LogP contribution >= 0.6 is 24.0 Å². The summed E-state index contributed by atoms with van der Waals surface area (Å²) in [6.45, 7) is 2.44. The quantitative estimate of drug-likeness (QED) is 0.908. The Kier molecular flexibility index (Phi) is 6.11. The molecule has 1 aromatic rings. The fourth-order valence-electron chi connectivity index (χ4n) is 2.30. The van der Waals surface area contributed by atoms with E-state index in [4.69, 9.17) is 17.3 Å². The molecule has 2 rings (SSSR count). The van der Waals surface area contributed by atoms with E-state index in [1.807, 2.05) is 36.1 Å². The van der Waals surface area contributed by atoms with Crippen molar-refractivity contribution < 1.29 is 4.79 Å². The molecular weight excluding hydrogens is 283 g/mol. The molecule has 0 heterocycles. The smallest absolute Gasteiger partial charge is 0.224 e. The van der Waals surface area contributed by atoms with Gasteiger partial charge in [-0.3, -0.25) is 4.79 Å². The second-order valence-corrected chi connectivity index (χ2v) is 5.18. The highest BCUT2D eigenvalue weighted by Crippen LogP contribution is 2.36. The predicted molar refractivity (Wildman–Crippen MR) is 80.7 cm³/mol. The van der Waals surface area contributed by atoms with Crippen LogP contribution in [0.1, 0.15) is 37.8 Å². The van der Waals surface area contributed by atoms with E-state index in [-0.39, 0.29) is 24.4 Å². The van der Waals surface area contributed by atoms with E-state index >= 15 is 0 Å². The van der Waals surface area contributed by atoms with Crippen LogP contribution in [0.3, 0.4) is 0 Å². The minimum absolute atomic E-state index is 0. The highest BCUT2D eigenvalue weighted by Gasteiger charge is 2.36. The van der Waals surface area contributed by atoms with E-state index < -0.39 is 0 Å². The van der Waals surface area contributed by atoms with Crippen molar-refractivity contribution in [2.45, 2.75) is 38.3 Å². The molecule has 0 saturated heterocycles. The SMILES string of the molecule is CC(c1ccccc1Cl)N(C(=O)CCN)C1CC1.Cl. The minimum atomic E-state index is 0. The van der Waals surface area contributed by atoms with E-state index in [1.54, 1.807) is 0 Å². The molecule has 1 aliphatic rings. The summed E-state index contributed by atoms with van der Waals surface area (Å²) in [6.07, 6.45) is 2.58. The number of benzene rings is 1. The number of nitrogens with two attached hydrogens (primary N) is 1. The number of carbonyl (C=O) groups excluding carboxylic acids is 1. The fraction of sp³-hybridized carbons (Fsp3) is 0.500. The summed E-state index contributed by atoms with van der Waals surface area (Å²) in [4.78, 5) is 14.1. The summed E-state index contributed by atoms with van der Waals surface area (Å²) in [5.41, 5.74) is 6.49. The number of hydrogen-bond donors (Lipinski definition) is 1. The average molecular weight is 303 g/mol. The molecule has 0 spiro atoms. The standard InChI is InChI=1S/C14H19ClN2O.ClH/c1-10(12-4-2-3-5-13(12)15)17(11-6-7-11)14(18)8-9-16;/h2-5,10-11H,6-9,16H2,1H3;1H. The highest BCUT2D eigenvalue weighted by atomic mass is 35.5. The van der Waals surface area contributed by atoms with Crippen molar-refractivity contribution in [3.8, 4) is 0 Å². The molecule has 3 nitrogen and oxygen atoms in total. The average Bonchev–Trinajstić information content (AvgIpc) is 3.14. The third kappa shape index (κ3) is 3.85. The zero-order valence-corrected chi connectivity index (χ0v) is 12.6. The van der Waals surface area contributed by atoms with E-state index in [1.165, 1.54) is 0 Å². The van der Waals surface area contributed by atoms with Gasteiger partial charge in [-0.2, -0.15) is 0 Å². The first-order chi connectivity index (χ1) is 8.65. The van der Waals surface area contributed by atoms with Crippen molar-refractivity contribution in [1.82, 2.24) is 4.90 Å². The molecule has 0 bridgehead atoms. The van der Waals surface area contributed by atoms with Crippen LogP contribution in [0, 0.1) is 0 Å². The first kappa shape index (κ1) is 16.3. The molecule has 1 aliphatic carbocycles. The Hall–Kier alpha value is -0.770. The lowest BCUT2D eigenvalue weighted by Gasteiger charge is -2.30. The van der Waals surface area contributed by atoms with Crippen molar-refractivity contribution in [3.63, 3.8) is 0 Å². The van der Waals surface area contributed by atoms with Gasteiger partial charge in [0.1, 0.15) is 0 Å². The lowest BCUT2D eigenvalue weighted by molar-refractivity contribution is -0.133. The summed E-state index contributed by atoms with van der Waals surface area (Å²) in [7, 11) is 0. The molecule has 106 valence electrons. The number of halogens is 2. The van der Waals surface area contributed by atoms with Crippen LogP contribution in [-0.2, 0) is 4.79 Å². The molecule has 1 unspecified atom stereocenters. The van der Waals surface area contributed by atoms with Gasteiger partial charge in [0.25, 0.3) is 0 Å². The Balaban J connectivity index is 0.00000180. The molecule has 0 radical (unpaired) electrons. The van der Waals surface area contributed by atoms with Gasteiger partial charge < -0.3 is 10.6 Å². The summed E-state index contributed by atoms with van der Waals surface area (Å²) in [5, 5.41) is 0.719. The third-order valence-electron chi connectivity index (χ3n) is 3.36. The predicted octanol–water partition coefficient (Wildman–Crippen LogP) is 3.16. The highest BCUT2D eigenvalue weighted by molar-refractivity contribution is 6.31. The first-order valence-corrected chi connectivity index (χ1v) is 6.78. The van der Waals surface area contributed by atoms with Gasteiger partial charge in [-0.25, -0.2) is 0 Å². The van der Waals surface area contributed by atoms with Crippen LogP contribution in [0.5, 0.6) is 0 Å². The maximum Gasteiger partial charge on any atom is 0.224 e. The van der Waals surface area contributed by atoms with Gasteiger partial charge in [0.2, 0.25) is 5.91 Å². The summed E-state index contributed by atoms with van der Waals surface area (Å²) < 4.78 is 0. The van der Waals surface area contributed by atoms with Gasteiger partial charge >= 0.3 is 0 Å². The molecule has 2 N–H and O–H groups in total. The van der Waals surface area contributed by atoms with Crippen LogP contribution in [0.4, 0.5) is 0 Å². The maximum atomic E-state index is 12.2. The van der Waals surface area contributed by atoms with Crippen LogP contribution in [0.2, 0.25) is 5.02 Å². The molecule has 1 fully saturated rings. The van der Waals surface area contributed by atoms with Gasteiger partial charge in [-0.1, -0.05) is 29.8 Å². The van der Waals surface area contributed by atoms with Gasteiger partial charge in [0.15, 0.2) is 0 Å². The summed E-state index contributed by atoms with van der Waals surface area (Å²) in [6, 6.07) is 8.10. The van der Waals surface area contributed by atoms with E-state index in [9.17, 15) is 4.79 Å². The van der Waals surface area contributed by atoms with Crippen LogP contribution < -0.4 is 5.73 Å². The minimum Gasteiger partial charge on any atom is -0.333 e. The Morgan fingerprint density at radius 3 is 2.63 bits per heavy atom. The molecule has 1 amide bonds. The van der Waals surface area contributed by atoms with E-state index in [2.05, 4.69) is 0 Å². The first-order valence-electron chi connectivity index (χ1n) is 6.40. The van der Waals surface area contributed by atoms with Crippen LogP contribution in [-0.4, -0.2) is 23.4 Å². The fourth-order valence-corrected chi connectivity index (χ4v) is 2.60. The van der Waals surface area contributed by atoms with Crippen molar-refractivity contribution in [3.05, 3.63) is 34.9 Å². The molecular formula is C14H20Cl2N2O. The second-order valence-electron chi connectivity index (χ2n) is 4.77. The largest absolute Gasteiger partial charge is 0.333 e. The lowest BCUT2D eigenvalue weighted by atomic mass is 10.1. The van der Waals surface area contributed by atoms with Crippen molar-refractivity contribution in [2.24, 2.45) is 5.73 Å². The Morgan fingerprint density at radius 1 is 1.47 bits per heavy atom. The van der Waals surface area contributed by atoms with Gasteiger partial charge in [0.05, 0.1) is 6.04 Å². The van der Waals surface area contributed by atoms with Gasteiger partial charge in [-0.15, -0.1) is 12.4 Å². The Bertz CT molecular complexity index is 435. The topological polar surface area (TPSA) is 46.3 Å². The zero-order chi connectivity index (χ0) is 13.1. The second kappa shape index (κ2) is 7.13. The monoisotopic (exact) mass is 302 g/mol. The zero-order valence-electron chi connectivity index (χ0n) is 11.0. The number of rotatable bonds is 5. The van der Waals surface area contributed by atoms with Gasteiger partial charge in [0, 0.05) is 24.0 Å².